The molecular weight excluding hydrogens is 983 g/mol. The van der Waals surface area contributed by atoms with E-state index in [-0.39, 0.29) is 37.1 Å². The molecule has 0 radical (unpaired) electrons. The first-order chi connectivity index (χ1) is 39.7. The minimum absolute atomic E-state index is 0.0910. The summed E-state index contributed by atoms with van der Waals surface area (Å²) in [5, 5.41) is 8.41. The molecule has 0 spiro atoms. The maximum absolute atomic E-state index is 2.65. The van der Waals surface area contributed by atoms with Crippen LogP contribution < -0.4 is 32.8 Å². The van der Waals surface area contributed by atoms with Crippen LogP contribution in [-0.2, 0) is 0 Å². The van der Waals surface area contributed by atoms with Crippen molar-refractivity contribution >= 4 is 78.5 Å². The van der Waals surface area contributed by atoms with E-state index in [9.17, 15) is 0 Å². The van der Waals surface area contributed by atoms with Gasteiger partial charge in [-0.1, -0.05) is 225 Å². The van der Waals surface area contributed by atoms with Gasteiger partial charge in [-0.15, -0.1) is 0 Å². The van der Waals surface area contributed by atoms with Crippen LogP contribution in [-0.4, -0.2) is 13.4 Å². The monoisotopic (exact) mass is 1050 g/mol. The molecule has 0 saturated carbocycles. The zero-order valence-electron chi connectivity index (χ0n) is 49.6. The molecule has 0 nitrogen and oxygen atoms in total. The van der Waals surface area contributed by atoms with Gasteiger partial charge in [0.25, 0.3) is 0 Å². The van der Waals surface area contributed by atoms with Gasteiger partial charge in [0.05, 0.1) is 0 Å². The molecule has 0 aromatic heterocycles. The summed E-state index contributed by atoms with van der Waals surface area (Å²) >= 11 is 0. The molecule has 4 heterocycles. The number of hydrogen-bond acceptors (Lipinski definition) is 0. The maximum Gasteiger partial charge on any atom is 0.243 e. The van der Waals surface area contributed by atoms with Crippen molar-refractivity contribution in [3.05, 3.63) is 281 Å². The van der Waals surface area contributed by atoms with Crippen LogP contribution in [0, 0.1) is 83.1 Å². The molecule has 0 saturated heterocycles. The predicted molar refractivity (Wildman–Crippen MR) is 353 cm³/mol. The van der Waals surface area contributed by atoms with E-state index in [1.165, 1.54) is 199 Å². The molecule has 12 aromatic carbocycles. The van der Waals surface area contributed by atoms with Crippen molar-refractivity contribution in [1.82, 2.24) is 0 Å². The van der Waals surface area contributed by atoms with Crippen LogP contribution in [0.25, 0.3) is 54.6 Å². The maximum atomic E-state index is 2.65. The van der Waals surface area contributed by atoms with Gasteiger partial charge >= 0.3 is 0 Å². The summed E-state index contributed by atoms with van der Waals surface area (Å²) < 4.78 is 0. The first-order valence-electron chi connectivity index (χ1n) is 30.2. The largest absolute Gasteiger partial charge is 0.243 e. The Kier molecular flexibility index (Phi) is 10.7. The smallest absolute Gasteiger partial charge is 0.0667 e. The van der Waals surface area contributed by atoms with Gasteiger partial charge in [-0.2, -0.15) is 0 Å². The van der Waals surface area contributed by atoms with Crippen LogP contribution in [0.4, 0.5) is 0 Å². The van der Waals surface area contributed by atoms with Crippen LogP contribution in [0.2, 0.25) is 0 Å². The summed E-state index contributed by atoms with van der Waals surface area (Å²) in [7, 11) is 0. The Balaban J connectivity index is 0.949. The van der Waals surface area contributed by atoms with E-state index < -0.39 is 0 Å². The second-order valence-corrected chi connectivity index (χ2v) is 26.0. The summed E-state index contributed by atoms with van der Waals surface area (Å²) in [5.74, 6) is 0.474. The molecular formula is C80H68B2. The highest BCUT2D eigenvalue weighted by Gasteiger charge is 2.48. The molecule has 4 aliphatic heterocycles. The molecule has 82 heavy (non-hydrogen) atoms. The van der Waals surface area contributed by atoms with Gasteiger partial charge in [-0.05, 0) is 227 Å². The lowest BCUT2D eigenvalue weighted by Crippen LogP contribution is -2.61. The Morgan fingerprint density at radius 3 is 0.902 bits per heavy atom. The average molecular weight is 1050 g/mol. The summed E-state index contributed by atoms with van der Waals surface area (Å²) in [4.78, 5) is 0. The lowest BCUT2D eigenvalue weighted by atomic mass is 9.29. The molecule has 0 N–H and O–H groups in total. The summed E-state index contributed by atoms with van der Waals surface area (Å²) in [5.41, 5.74) is 42.4. The van der Waals surface area contributed by atoms with E-state index in [4.69, 9.17) is 0 Å². The Bertz CT molecular complexity index is 4300. The minimum Gasteiger partial charge on any atom is -0.0667 e. The minimum atomic E-state index is 0.0910. The quantitative estimate of drug-likeness (QED) is 0.115. The van der Waals surface area contributed by atoms with Crippen LogP contribution in [0.1, 0.15) is 135 Å². The topological polar surface area (TPSA) is 0 Å². The molecule has 4 aliphatic rings. The highest BCUT2D eigenvalue weighted by atomic mass is 14.4. The molecule has 2 unspecified atom stereocenters. The fourth-order valence-electron chi connectivity index (χ4n) is 18.6. The summed E-state index contributed by atoms with van der Waals surface area (Å²) in [6.45, 7) is 28.1. The second kappa shape index (κ2) is 17.7. The standard InChI is InChI=1S/C80H68B2/c1-41-31-45(5)67(46(6)32-41)77(68-47(7)33-42(2)34-48(68)8)73-59-19-13-15-25-63(59)81-65-39-53-28-30-56-58-22-18-24-62-74(78(69-49(9)35-43(3)36-50(69)10)70-51(11)37-44(4)38-52(70)12)60-20-14-16-26-64(60)82(80(58)62)66-40-54-27-29-55(57-21-17-23-61(73)79(57)81)75(65)71(54)72(53)76(56)66/h13-40,73-74,77-78H,1-12H3. The predicted octanol–water partition coefficient (Wildman–Crippen LogP) is 15.8. The third-order valence-corrected chi connectivity index (χ3v) is 20.8. The first kappa shape index (κ1) is 49.6. The van der Waals surface area contributed by atoms with E-state index in [1.807, 2.05) is 0 Å². The molecule has 0 aliphatic carbocycles. The van der Waals surface area contributed by atoms with Crippen LogP contribution in [0.15, 0.2) is 170 Å². The van der Waals surface area contributed by atoms with Crippen molar-refractivity contribution in [1.29, 1.82) is 0 Å². The molecule has 0 fully saturated rings. The van der Waals surface area contributed by atoms with Gasteiger partial charge in [-0.25, -0.2) is 0 Å². The van der Waals surface area contributed by atoms with Gasteiger partial charge in [0, 0.05) is 23.7 Å². The van der Waals surface area contributed by atoms with E-state index in [1.54, 1.807) is 0 Å². The fraction of sp³-hybridized carbons (Fsp3) is 0.200. The van der Waals surface area contributed by atoms with Crippen molar-refractivity contribution in [2.24, 2.45) is 0 Å². The van der Waals surface area contributed by atoms with Gasteiger partial charge in [0.1, 0.15) is 0 Å². The highest BCUT2D eigenvalue weighted by Crippen LogP contribution is 2.53. The summed E-state index contributed by atoms with van der Waals surface area (Å²) in [6, 6.07) is 68.7. The number of rotatable bonds is 6. The lowest BCUT2D eigenvalue weighted by molar-refractivity contribution is 0.681. The molecule has 0 amide bonds. The number of aryl methyl sites for hydroxylation is 12. The van der Waals surface area contributed by atoms with Crippen molar-refractivity contribution in [2.75, 3.05) is 0 Å². The van der Waals surface area contributed by atoms with Crippen LogP contribution >= 0.6 is 0 Å². The van der Waals surface area contributed by atoms with Gasteiger partial charge in [0.15, 0.2) is 0 Å². The van der Waals surface area contributed by atoms with Crippen molar-refractivity contribution in [2.45, 2.75) is 107 Å². The SMILES string of the molecule is Cc1cc(C)c(C(c2c(C)cc(C)cc2C)C2c3ccccc3B3c4c(cccc42)-c2ccc4cc5c6c(ccc7cc3c2c4c76)-c2cccc3c2B5c2ccccc2C3C(c2c(C)cc(C)cc2C)c2c(C)cc(C)cc2C)c(C)c1. The summed E-state index contributed by atoms with van der Waals surface area (Å²) in [6.07, 6.45) is 0. The number of benzene rings is 12. The van der Waals surface area contributed by atoms with E-state index in [2.05, 4.69) is 253 Å². The molecule has 0 bridgehead atoms. The van der Waals surface area contributed by atoms with Gasteiger partial charge in [0.2, 0.25) is 13.4 Å². The van der Waals surface area contributed by atoms with Crippen molar-refractivity contribution in [3.63, 3.8) is 0 Å². The molecule has 394 valence electrons. The molecule has 2 heteroatoms. The third-order valence-electron chi connectivity index (χ3n) is 20.8. The van der Waals surface area contributed by atoms with Crippen LogP contribution in [0.5, 0.6) is 0 Å². The molecule has 2 atom stereocenters. The third kappa shape index (κ3) is 6.70. The highest BCUT2D eigenvalue weighted by molar-refractivity contribution is 7.01. The van der Waals surface area contributed by atoms with E-state index in [0.29, 0.717) is 0 Å². The Morgan fingerprint density at radius 2 is 0.573 bits per heavy atom. The van der Waals surface area contributed by atoms with Crippen molar-refractivity contribution < 1.29 is 0 Å². The van der Waals surface area contributed by atoms with Crippen LogP contribution in [0.3, 0.4) is 0 Å². The van der Waals surface area contributed by atoms with Crippen molar-refractivity contribution in [3.8, 4) is 22.3 Å². The van der Waals surface area contributed by atoms with E-state index >= 15 is 0 Å². The zero-order chi connectivity index (χ0) is 56.0. The molecule has 12 aromatic rings. The van der Waals surface area contributed by atoms with Gasteiger partial charge in [-0.3, -0.25) is 0 Å². The normalized spacial score (nSPS) is 15.2. The average Bonchev–Trinajstić information content (AvgIpc) is 1.25. The second-order valence-electron chi connectivity index (χ2n) is 26.0. The fourth-order valence-corrected chi connectivity index (χ4v) is 18.6. The Labute approximate surface area is 485 Å². The van der Waals surface area contributed by atoms with E-state index in [0.717, 1.165) is 0 Å². The first-order valence-corrected chi connectivity index (χ1v) is 30.2. The zero-order valence-corrected chi connectivity index (χ0v) is 49.6. The molecule has 16 rings (SSSR count). The lowest BCUT2D eigenvalue weighted by Gasteiger charge is -2.43. The number of hydrogen-bond donors (Lipinski definition) is 0. The Hall–Kier alpha value is -8.19. The van der Waals surface area contributed by atoms with Gasteiger partial charge < -0.3 is 0 Å². The Morgan fingerprint density at radius 1 is 0.268 bits per heavy atom. The number of fused-ring (bicyclic) bond motifs is 8.